The highest BCUT2D eigenvalue weighted by Crippen LogP contribution is 2.24. The number of nitrogens with zero attached hydrogens (tertiary/aromatic N) is 1. The van der Waals surface area contributed by atoms with Crippen LogP contribution in [0.1, 0.15) is 48.4 Å². The predicted molar refractivity (Wildman–Crippen MR) is 70.0 cm³/mol. The summed E-state index contributed by atoms with van der Waals surface area (Å²) >= 11 is 0. The first-order valence-corrected chi connectivity index (χ1v) is 6.87. The number of carbonyl (C=O) groups is 1. The average Bonchev–Trinajstić information content (AvgIpc) is 2.88. The van der Waals surface area contributed by atoms with Gasteiger partial charge in [0.05, 0.1) is 13.2 Å². The second-order valence-corrected chi connectivity index (χ2v) is 5.06. The van der Waals surface area contributed by atoms with Crippen molar-refractivity contribution in [1.29, 1.82) is 0 Å². The summed E-state index contributed by atoms with van der Waals surface area (Å²) in [5.41, 5.74) is 0. The molecule has 1 aromatic heterocycles. The molecule has 0 saturated heterocycles. The summed E-state index contributed by atoms with van der Waals surface area (Å²) in [5, 5.41) is 18.0. The Bertz CT molecular complexity index is 409. The smallest absolute Gasteiger partial charge is 0.371 e. The molecule has 1 aliphatic carbocycles. The summed E-state index contributed by atoms with van der Waals surface area (Å²) in [6.45, 7) is 1.29. The van der Waals surface area contributed by atoms with Gasteiger partial charge in [0.25, 0.3) is 0 Å². The standard InChI is InChI=1S/C14H21NO4/c16-9-8-15(11-4-2-1-3-5-11)10-12-6-7-13(19-12)14(17)18/h6-7,11,16H,1-5,8-10H2,(H,17,18). The molecule has 0 spiro atoms. The van der Waals surface area contributed by atoms with Crippen molar-refractivity contribution in [3.63, 3.8) is 0 Å². The van der Waals surface area contributed by atoms with Crippen LogP contribution in [0.2, 0.25) is 0 Å². The van der Waals surface area contributed by atoms with Crippen molar-refractivity contribution in [2.45, 2.75) is 44.7 Å². The molecule has 2 N–H and O–H groups in total. The van der Waals surface area contributed by atoms with Gasteiger partial charge in [0.2, 0.25) is 5.76 Å². The molecule has 2 rings (SSSR count). The van der Waals surface area contributed by atoms with E-state index in [0.717, 1.165) is 12.8 Å². The monoisotopic (exact) mass is 267 g/mol. The minimum atomic E-state index is -1.04. The summed E-state index contributed by atoms with van der Waals surface area (Å²) in [6.07, 6.45) is 6.03. The molecule has 0 atom stereocenters. The maximum atomic E-state index is 10.8. The molecular formula is C14H21NO4. The number of carboxylic acids is 1. The Hall–Kier alpha value is -1.33. The predicted octanol–water partition coefficient (Wildman–Crippen LogP) is 2.10. The Balaban J connectivity index is 2.00. The number of carboxylic acid groups (broad SMARTS) is 1. The quantitative estimate of drug-likeness (QED) is 0.825. The van der Waals surface area contributed by atoms with Crippen LogP contribution in [0.3, 0.4) is 0 Å². The largest absolute Gasteiger partial charge is 0.475 e. The molecule has 1 aliphatic rings. The lowest BCUT2D eigenvalue weighted by Gasteiger charge is -2.33. The van der Waals surface area contributed by atoms with E-state index in [-0.39, 0.29) is 12.4 Å². The molecule has 19 heavy (non-hydrogen) atoms. The zero-order valence-electron chi connectivity index (χ0n) is 11.0. The number of hydrogen-bond acceptors (Lipinski definition) is 4. The van der Waals surface area contributed by atoms with Gasteiger partial charge in [-0.1, -0.05) is 19.3 Å². The van der Waals surface area contributed by atoms with Crippen molar-refractivity contribution in [2.24, 2.45) is 0 Å². The third-order valence-corrected chi connectivity index (χ3v) is 3.71. The maximum absolute atomic E-state index is 10.8. The van der Waals surface area contributed by atoms with Gasteiger partial charge in [-0.3, -0.25) is 4.90 Å². The van der Waals surface area contributed by atoms with Crippen molar-refractivity contribution in [1.82, 2.24) is 4.90 Å². The van der Waals surface area contributed by atoms with E-state index >= 15 is 0 Å². The van der Waals surface area contributed by atoms with E-state index in [1.165, 1.54) is 25.3 Å². The molecule has 0 aliphatic heterocycles. The van der Waals surface area contributed by atoms with Crippen molar-refractivity contribution in [3.8, 4) is 0 Å². The number of hydrogen-bond donors (Lipinski definition) is 2. The summed E-state index contributed by atoms with van der Waals surface area (Å²) in [4.78, 5) is 13.0. The number of furan rings is 1. The van der Waals surface area contributed by atoms with E-state index < -0.39 is 5.97 Å². The molecule has 106 valence electrons. The highest BCUT2D eigenvalue weighted by molar-refractivity contribution is 5.84. The van der Waals surface area contributed by atoms with Gasteiger partial charge in [-0.25, -0.2) is 4.79 Å². The van der Waals surface area contributed by atoms with Crippen LogP contribution in [-0.4, -0.2) is 40.3 Å². The second kappa shape index (κ2) is 6.73. The Kier molecular flexibility index (Phi) is 4.99. The summed E-state index contributed by atoms with van der Waals surface area (Å²) in [7, 11) is 0. The highest BCUT2D eigenvalue weighted by Gasteiger charge is 2.22. The summed E-state index contributed by atoms with van der Waals surface area (Å²) in [5.74, 6) is -0.420. The Morgan fingerprint density at radius 2 is 2.05 bits per heavy atom. The third kappa shape index (κ3) is 3.81. The first-order chi connectivity index (χ1) is 9.20. The van der Waals surface area contributed by atoms with Crippen molar-refractivity contribution >= 4 is 5.97 Å². The van der Waals surface area contributed by atoms with Crippen molar-refractivity contribution in [2.75, 3.05) is 13.2 Å². The number of aliphatic hydroxyl groups excluding tert-OH is 1. The molecule has 0 radical (unpaired) electrons. The lowest BCUT2D eigenvalue weighted by atomic mass is 9.94. The fourth-order valence-corrected chi connectivity index (χ4v) is 2.74. The summed E-state index contributed by atoms with van der Waals surface area (Å²) < 4.78 is 5.29. The van der Waals surface area contributed by atoms with Crippen LogP contribution in [0.5, 0.6) is 0 Å². The average molecular weight is 267 g/mol. The molecule has 0 amide bonds. The van der Waals surface area contributed by atoms with E-state index in [1.807, 2.05) is 0 Å². The lowest BCUT2D eigenvalue weighted by Crippen LogP contribution is -2.38. The molecule has 5 nitrogen and oxygen atoms in total. The number of rotatable bonds is 6. The fourth-order valence-electron chi connectivity index (χ4n) is 2.74. The first kappa shape index (κ1) is 14.1. The molecule has 1 aromatic rings. The van der Waals surface area contributed by atoms with Crippen molar-refractivity contribution in [3.05, 3.63) is 23.7 Å². The van der Waals surface area contributed by atoms with Crippen LogP contribution in [0, 0.1) is 0 Å². The van der Waals surface area contributed by atoms with Crippen LogP contribution < -0.4 is 0 Å². The van der Waals surface area contributed by atoms with Gasteiger partial charge in [-0.05, 0) is 25.0 Å². The van der Waals surface area contributed by atoms with E-state index in [1.54, 1.807) is 6.07 Å². The van der Waals surface area contributed by atoms with Gasteiger partial charge in [-0.15, -0.1) is 0 Å². The minimum Gasteiger partial charge on any atom is -0.475 e. The van der Waals surface area contributed by atoms with Crippen LogP contribution in [0.15, 0.2) is 16.5 Å². The number of aromatic carboxylic acids is 1. The molecule has 1 heterocycles. The molecule has 0 bridgehead atoms. The van der Waals surface area contributed by atoms with Gasteiger partial charge < -0.3 is 14.6 Å². The van der Waals surface area contributed by atoms with Crippen LogP contribution in [0.4, 0.5) is 0 Å². The molecule has 5 heteroatoms. The van der Waals surface area contributed by atoms with E-state index in [0.29, 0.717) is 24.9 Å². The highest BCUT2D eigenvalue weighted by atomic mass is 16.4. The SMILES string of the molecule is O=C(O)c1ccc(CN(CCO)C2CCCCC2)o1. The maximum Gasteiger partial charge on any atom is 0.371 e. The van der Waals surface area contributed by atoms with Crippen LogP contribution in [0.25, 0.3) is 0 Å². The Morgan fingerprint density at radius 1 is 1.32 bits per heavy atom. The zero-order valence-corrected chi connectivity index (χ0v) is 11.0. The van der Waals surface area contributed by atoms with Crippen LogP contribution >= 0.6 is 0 Å². The van der Waals surface area contributed by atoms with Crippen LogP contribution in [-0.2, 0) is 6.54 Å². The van der Waals surface area contributed by atoms with Gasteiger partial charge >= 0.3 is 5.97 Å². The Morgan fingerprint density at radius 3 is 2.63 bits per heavy atom. The lowest BCUT2D eigenvalue weighted by molar-refractivity contribution is 0.0653. The topological polar surface area (TPSA) is 73.9 Å². The van der Waals surface area contributed by atoms with E-state index in [4.69, 9.17) is 9.52 Å². The van der Waals surface area contributed by atoms with Gasteiger partial charge in [0.1, 0.15) is 5.76 Å². The molecular weight excluding hydrogens is 246 g/mol. The van der Waals surface area contributed by atoms with E-state index in [9.17, 15) is 9.90 Å². The summed E-state index contributed by atoms with van der Waals surface area (Å²) in [6, 6.07) is 3.66. The van der Waals surface area contributed by atoms with Gasteiger partial charge in [0.15, 0.2) is 0 Å². The van der Waals surface area contributed by atoms with Crippen molar-refractivity contribution < 1.29 is 19.4 Å². The normalized spacial score (nSPS) is 16.9. The van der Waals surface area contributed by atoms with E-state index in [2.05, 4.69) is 4.90 Å². The molecule has 1 saturated carbocycles. The third-order valence-electron chi connectivity index (χ3n) is 3.71. The second-order valence-electron chi connectivity index (χ2n) is 5.06. The minimum absolute atomic E-state index is 0.0254. The fraction of sp³-hybridized carbons (Fsp3) is 0.643. The molecule has 0 unspecified atom stereocenters. The first-order valence-electron chi connectivity index (χ1n) is 6.87. The molecule has 0 aromatic carbocycles. The number of aliphatic hydroxyl groups is 1. The molecule has 1 fully saturated rings. The van der Waals surface area contributed by atoms with Gasteiger partial charge in [0, 0.05) is 12.6 Å². The Labute approximate surface area is 112 Å². The zero-order chi connectivity index (χ0) is 13.7. The van der Waals surface area contributed by atoms with Gasteiger partial charge in [-0.2, -0.15) is 0 Å².